The second kappa shape index (κ2) is 5.98. The number of sulfonamides is 1. The van der Waals surface area contributed by atoms with Gasteiger partial charge in [0, 0.05) is 12.0 Å². The Kier molecular flexibility index (Phi) is 4.84. The summed E-state index contributed by atoms with van der Waals surface area (Å²) < 4.78 is 27.1. The fraction of sp³-hybridized carbons (Fsp3) is 0.455. The van der Waals surface area contributed by atoms with Crippen molar-refractivity contribution in [1.29, 1.82) is 0 Å². The molecule has 0 radical (unpaired) electrons. The summed E-state index contributed by atoms with van der Waals surface area (Å²) >= 11 is 0. The molecule has 0 heterocycles. The molecule has 0 saturated carbocycles. The minimum Gasteiger partial charge on any atom is -0.486 e. The van der Waals surface area contributed by atoms with E-state index < -0.39 is 14.9 Å². The van der Waals surface area contributed by atoms with Gasteiger partial charge in [0.1, 0.15) is 0 Å². The Morgan fingerprint density at radius 2 is 2.11 bits per heavy atom. The minimum absolute atomic E-state index is 0.0420. The fourth-order valence-electron chi connectivity index (χ4n) is 1.57. The Labute approximate surface area is 111 Å². The molecule has 106 valence electrons. The smallest absolute Gasteiger partial charge is 0.311 e. The van der Waals surface area contributed by atoms with Crippen LogP contribution in [0.2, 0.25) is 0 Å². The van der Waals surface area contributed by atoms with Gasteiger partial charge in [-0.05, 0) is 18.6 Å². The number of nitrogens with two attached hydrogens (primary N) is 1. The van der Waals surface area contributed by atoms with E-state index in [0.717, 1.165) is 5.56 Å². The highest BCUT2D eigenvalue weighted by molar-refractivity contribution is 7.89. The molecule has 0 aliphatic heterocycles. The van der Waals surface area contributed by atoms with Crippen molar-refractivity contribution in [3.05, 3.63) is 33.9 Å². The number of hydrogen-bond acceptors (Lipinski definition) is 5. The number of nitro groups is 1. The molecule has 0 aromatic heterocycles. The van der Waals surface area contributed by atoms with Crippen LogP contribution in [0.15, 0.2) is 18.2 Å². The van der Waals surface area contributed by atoms with Crippen LogP contribution >= 0.6 is 0 Å². The number of primary sulfonamides is 1. The standard InChI is InChI=1S/C11H16N2O5S/c1-8-3-4-11(10(5-8)13(14)15)18-6-9(2)7-19(12,16)17/h3-5,9H,6-7H2,1-2H3,(H2,12,16,17). The van der Waals surface area contributed by atoms with Crippen LogP contribution in [0, 0.1) is 23.0 Å². The summed E-state index contributed by atoms with van der Waals surface area (Å²) in [6.45, 7) is 3.42. The first kappa shape index (κ1) is 15.4. The molecule has 8 heteroatoms. The Morgan fingerprint density at radius 3 is 2.63 bits per heavy atom. The molecule has 1 aromatic carbocycles. The molecule has 1 rings (SSSR count). The van der Waals surface area contributed by atoms with Crippen molar-refractivity contribution >= 4 is 15.7 Å². The molecule has 2 N–H and O–H groups in total. The van der Waals surface area contributed by atoms with Crippen LogP contribution in [0.4, 0.5) is 5.69 Å². The minimum atomic E-state index is -3.57. The molecule has 1 unspecified atom stereocenters. The molecule has 0 bridgehead atoms. The first-order valence-electron chi connectivity index (χ1n) is 5.57. The summed E-state index contributed by atoms with van der Waals surface area (Å²) in [5, 5.41) is 15.8. The molecule has 0 saturated heterocycles. The third-order valence-electron chi connectivity index (χ3n) is 2.35. The average Bonchev–Trinajstić information content (AvgIpc) is 2.24. The van der Waals surface area contributed by atoms with E-state index in [1.54, 1.807) is 19.9 Å². The molecule has 7 nitrogen and oxygen atoms in total. The van der Waals surface area contributed by atoms with Crippen LogP contribution in [0.25, 0.3) is 0 Å². The highest BCUT2D eigenvalue weighted by atomic mass is 32.2. The zero-order valence-corrected chi connectivity index (χ0v) is 11.5. The SMILES string of the molecule is Cc1ccc(OCC(C)CS(N)(=O)=O)c([N+](=O)[O-])c1. The molecule has 0 amide bonds. The van der Waals surface area contributed by atoms with Crippen molar-refractivity contribution in [3.63, 3.8) is 0 Å². The van der Waals surface area contributed by atoms with Crippen molar-refractivity contribution in [2.45, 2.75) is 13.8 Å². The highest BCUT2D eigenvalue weighted by Gasteiger charge is 2.17. The van der Waals surface area contributed by atoms with Crippen LogP contribution in [-0.4, -0.2) is 25.7 Å². The Morgan fingerprint density at radius 1 is 1.47 bits per heavy atom. The summed E-state index contributed by atoms with van der Waals surface area (Å²) in [6.07, 6.45) is 0. The maximum absolute atomic E-state index is 10.9. The topological polar surface area (TPSA) is 113 Å². The molecule has 0 spiro atoms. The van der Waals surface area contributed by atoms with Crippen LogP contribution in [0.5, 0.6) is 5.75 Å². The molecule has 0 aliphatic carbocycles. The van der Waals surface area contributed by atoms with E-state index >= 15 is 0 Å². The summed E-state index contributed by atoms with van der Waals surface area (Å²) in [6, 6.07) is 4.59. The molecule has 0 aliphatic rings. The highest BCUT2D eigenvalue weighted by Crippen LogP contribution is 2.28. The lowest BCUT2D eigenvalue weighted by Gasteiger charge is -2.12. The Hall–Kier alpha value is -1.67. The number of nitro benzene ring substituents is 1. The van der Waals surface area contributed by atoms with E-state index in [0.29, 0.717) is 0 Å². The van der Waals surface area contributed by atoms with Crippen molar-refractivity contribution in [2.75, 3.05) is 12.4 Å². The van der Waals surface area contributed by atoms with Gasteiger partial charge in [0.15, 0.2) is 5.75 Å². The quantitative estimate of drug-likeness (QED) is 0.624. The monoisotopic (exact) mass is 288 g/mol. The van der Waals surface area contributed by atoms with E-state index in [9.17, 15) is 18.5 Å². The number of ether oxygens (including phenoxy) is 1. The first-order valence-corrected chi connectivity index (χ1v) is 7.29. The number of benzene rings is 1. The zero-order valence-electron chi connectivity index (χ0n) is 10.7. The molecule has 19 heavy (non-hydrogen) atoms. The van der Waals surface area contributed by atoms with Gasteiger partial charge < -0.3 is 4.74 Å². The van der Waals surface area contributed by atoms with Crippen LogP contribution in [0.1, 0.15) is 12.5 Å². The Bertz CT molecular complexity index is 570. The van der Waals surface area contributed by atoms with Crippen molar-refractivity contribution in [3.8, 4) is 5.75 Å². The summed E-state index contributed by atoms with van der Waals surface area (Å²) in [5.74, 6) is -0.458. The normalized spacial score (nSPS) is 13.0. The van der Waals surface area contributed by atoms with E-state index in [1.165, 1.54) is 12.1 Å². The van der Waals surface area contributed by atoms with Gasteiger partial charge in [0.2, 0.25) is 10.0 Å². The van der Waals surface area contributed by atoms with Gasteiger partial charge in [0.05, 0.1) is 17.3 Å². The third kappa shape index (κ3) is 5.23. The van der Waals surface area contributed by atoms with Gasteiger partial charge in [-0.15, -0.1) is 0 Å². The average molecular weight is 288 g/mol. The zero-order chi connectivity index (χ0) is 14.6. The van der Waals surface area contributed by atoms with Gasteiger partial charge >= 0.3 is 5.69 Å². The number of hydrogen-bond donors (Lipinski definition) is 1. The molecular weight excluding hydrogens is 272 g/mol. The third-order valence-corrected chi connectivity index (χ3v) is 3.38. The molecule has 1 aromatic rings. The predicted octanol–water partition coefficient (Wildman–Crippen LogP) is 1.21. The summed E-state index contributed by atoms with van der Waals surface area (Å²) in [4.78, 5) is 10.3. The van der Waals surface area contributed by atoms with Gasteiger partial charge in [-0.25, -0.2) is 13.6 Å². The molecule has 0 fully saturated rings. The van der Waals surface area contributed by atoms with Gasteiger partial charge in [-0.1, -0.05) is 13.0 Å². The van der Waals surface area contributed by atoms with E-state index in [2.05, 4.69) is 0 Å². The van der Waals surface area contributed by atoms with Gasteiger partial charge in [0.25, 0.3) is 0 Å². The lowest BCUT2D eigenvalue weighted by molar-refractivity contribution is -0.385. The molecule has 1 atom stereocenters. The largest absolute Gasteiger partial charge is 0.486 e. The second-order valence-corrected chi connectivity index (χ2v) is 6.13. The predicted molar refractivity (Wildman–Crippen MR) is 70.5 cm³/mol. The van der Waals surface area contributed by atoms with Crippen molar-refractivity contribution < 1.29 is 18.1 Å². The number of nitrogens with zero attached hydrogens (tertiary/aromatic N) is 1. The van der Waals surface area contributed by atoms with Gasteiger partial charge in [-0.3, -0.25) is 10.1 Å². The fourth-order valence-corrected chi connectivity index (χ4v) is 2.46. The second-order valence-electron chi connectivity index (χ2n) is 4.47. The molecular formula is C11H16N2O5S. The van der Waals surface area contributed by atoms with Crippen LogP contribution in [-0.2, 0) is 10.0 Å². The van der Waals surface area contributed by atoms with Crippen molar-refractivity contribution in [1.82, 2.24) is 0 Å². The van der Waals surface area contributed by atoms with E-state index in [4.69, 9.17) is 9.88 Å². The van der Waals surface area contributed by atoms with E-state index in [-0.39, 0.29) is 29.7 Å². The number of aryl methyl sites for hydroxylation is 1. The summed E-state index contributed by atoms with van der Waals surface area (Å²) in [7, 11) is -3.57. The lowest BCUT2D eigenvalue weighted by Crippen LogP contribution is -2.25. The van der Waals surface area contributed by atoms with E-state index in [1.807, 2.05) is 0 Å². The summed E-state index contributed by atoms with van der Waals surface area (Å²) in [5.41, 5.74) is 0.611. The van der Waals surface area contributed by atoms with Crippen molar-refractivity contribution in [2.24, 2.45) is 11.1 Å². The van der Waals surface area contributed by atoms with Crippen LogP contribution in [0.3, 0.4) is 0 Å². The first-order chi connectivity index (χ1) is 8.69. The maximum atomic E-state index is 10.9. The Balaban J connectivity index is 2.75. The maximum Gasteiger partial charge on any atom is 0.311 e. The van der Waals surface area contributed by atoms with Gasteiger partial charge in [-0.2, -0.15) is 0 Å². The number of rotatable bonds is 6. The lowest BCUT2D eigenvalue weighted by atomic mass is 10.2. The van der Waals surface area contributed by atoms with Crippen LogP contribution < -0.4 is 9.88 Å².